The van der Waals surface area contributed by atoms with Crippen LogP contribution in [0.1, 0.15) is 17.4 Å². The fraction of sp³-hybridized carbons (Fsp3) is 0.211. The Balaban J connectivity index is 1.96. The molecule has 3 rings (SSSR count). The van der Waals surface area contributed by atoms with Crippen molar-refractivity contribution in [3.63, 3.8) is 0 Å². The number of rotatable bonds is 7. The monoisotopic (exact) mass is 496 g/mol. The van der Waals surface area contributed by atoms with Crippen molar-refractivity contribution in [2.75, 3.05) is 18.2 Å². The van der Waals surface area contributed by atoms with Gasteiger partial charge in [-0.1, -0.05) is 41.7 Å². The molecule has 0 spiro atoms. The first-order chi connectivity index (χ1) is 14.9. The standard InChI is InChI=1S/C19H20N4O6S3/c1-12-18(32(20,27)28)30-19(22-12)23(2)17(24)16(29-31(3,25)26)14-9-7-13(8-10-14)15-6-4-5-11-21-15/h4-11,16H,1-3H3,(H2,20,27,28). The van der Waals surface area contributed by atoms with Gasteiger partial charge in [0.15, 0.2) is 15.4 Å². The number of nitrogens with zero attached hydrogens (tertiary/aromatic N) is 3. The molecule has 0 aliphatic rings. The fourth-order valence-electron chi connectivity index (χ4n) is 2.82. The molecular formula is C19H20N4O6S3. The third-order valence-corrected chi connectivity index (χ3v) is 7.62. The average Bonchev–Trinajstić information content (AvgIpc) is 3.13. The van der Waals surface area contributed by atoms with E-state index in [0.29, 0.717) is 17.0 Å². The van der Waals surface area contributed by atoms with Crippen LogP contribution in [-0.4, -0.2) is 46.0 Å². The summed E-state index contributed by atoms with van der Waals surface area (Å²) in [7, 11) is -6.69. The van der Waals surface area contributed by atoms with Crippen LogP contribution in [0.3, 0.4) is 0 Å². The Hall–Kier alpha value is -2.71. The highest BCUT2D eigenvalue weighted by Crippen LogP contribution is 2.31. The van der Waals surface area contributed by atoms with Gasteiger partial charge in [0.1, 0.15) is 0 Å². The lowest BCUT2D eigenvalue weighted by molar-refractivity contribution is -0.125. The Kier molecular flexibility index (Phi) is 6.76. The largest absolute Gasteiger partial charge is 0.289 e. The van der Waals surface area contributed by atoms with E-state index in [1.807, 2.05) is 12.1 Å². The van der Waals surface area contributed by atoms with Crippen molar-refractivity contribution in [2.45, 2.75) is 17.2 Å². The van der Waals surface area contributed by atoms with Gasteiger partial charge in [0.25, 0.3) is 16.0 Å². The summed E-state index contributed by atoms with van der Waals surface area (Å²) in [6.07, 6.45) is 0.973. The number of nitrogens with two attached hydrogens (primary N) is 1. The number of benzene rings is 1. The number of aromatic nitrogens is 2. The molecule has 13 heteroatoms. The first-order valence-electron chi connectivity index (χ1n) is 9.04. The van der Waals surface area contributed by atoms with E-state index in [9.17, 15) is 21.6 Å². The number of pyridine rings is 1. The molecular weight excluding hydrogens is 476 g/mol. The van der Waals surface area contributed by atoms with Crippen LogP contribution in [0.25, 0.3) is 11.3 Å². The Labute approximate surface area is 189 Å². The van der Waals surface area contributed by atoms with Crippen LogP contribution in [0.2, 0.25) is 0 Å². The predicted octanol–water partition coefficient (Wildman–Crippen LogP) is 1.84. The zero-order valence-corrected chi connectivity index (χ0v) is 19.7. The van der Waals surface area contributed by atoms with E-state index in [4.69, 9.17) is 9.32 Å². The van der Waals surface area contributed by atoms with E-state index in [1.165, 1.54) is 14.0 Å². The number of anilines is 1. The van der Waals surface area contributed by atoms with Crippen molar-refractivity contribution >= 4 is 42.5 Å². The van der Waals surface area contributed by atoms with Gasteiger partial charge in [-0.2, -0.15) is 8.42 Å². The van der Waals surface area contributed by atoms with Crippen LogP contribution in [0.15, 0.2) is 52.9 Å². The van der Waals surface area contributed by atoms with E-state index in [1.54, 1.807) is 36.5 Å². The summed E-state index contributed by atoms with van der Waals surface area (Å²) < 4.78 is 52.0. The number of hydrogen-bond donors (Lipinski definition) is 1. The molecule has 0 aliphatic carbocycles. The second-order valence-electron chi connectivity index (χ2n) is 6.83. The smallest absolute Gasteiger partial charge is 0.265 e. The van der Waals surface area contributed by atoms with Crippen LogP contribution in [0.5, 0.6) is 0 Å². The molecule has 0 saturated carbocycles. The fourth-order valence-corrected chi connectivity index (χ4v) is 5.28. The summed E-state index contributed by atoms with van der Waals surface area (Å²) in [6, 6.07) is 11.9. The summed E-state index contributed by atoms with van der Waals surface area (Å²) in [5.74, 6) is -0.754. The van der Waals surface area contributed by atoms with Crippen molar-refractivity contribution in [1.82, 2.24) is 9.97 Å². The van der Waals surface area contributed by atoms with Crippen molar-refractivity contribution in [3.05, 3.63) is 59.9 Å². The van der Waals surface area contributed by atoms with Crippen molar-refractivity contribution in [3.8, 4) is 11.3 Å². The third-order valence-electron chi connectivity index (χ3n) is 4.29. The van der Waals surface area contributed by atoms with Crippen molar-refractivity contribution in [1.29, 1.82) is 0 Å². The maximum atomic E-state index is 13.2. The normalized spacial score (nSPS) is 13.0. The number of primary sulfonamides is 1. The zero-order valence-electron chi connectivity index (χ0n) is 17.3. The number of likely N-dealkylation sites (N-methyl/N-ethyl adjacent to an activating group) is 1. The third kappa shape index (κ3) is 5.55. The molecule has 170 valence electrons. The maximum absolute atomic E-state index is 13.2. The van der Waals surface area contributed by atoms with E-state index in [0.717, 1.165) is 16.7 Å². The Morgan fingerprint density at radius 2 is 1.78 bits per heavy atom. The summed E-state index contributed by atoms with van der Waals surface area (Å²) in [5, 5.41) is 5.20. The first-order valence-corrected chi connectivity index (χ1v) is 13.2. The number of thiazole rings is 1. The first kappa shape index (κ1) is 23.9. The van der Waals surface area contributed by atoms with Gasteiger partial charge < -0.3 is 0 Å². The van der Waals surface area contributed by atoms with Gasteiger partial charge >= 0.3 is 0 Å². The number of hydrogen-bond acceptors (Lipinski definition) is 9. The summed E-state index contributed by atoms with van der Waals surface area (Å²) in [6.45, 7) is 1.44. The van der Waals surface area contributed by atoms with Gasteiger partial charge in [0.05, 0.1) is 17.6 Å². The molecule has 3 aromatic rings. The Bertz CT molecular complexity index is 1340. The van der Waals surface area contributed by atoms with E-state index >= 15 is 0 Å². The van der Waals surface area contributed by atoms with Crippen LogP contribution in [0.4, 0.5) is 5.13 Å². The van der Waals surface area contributed by atoms with Gasteiger partial charge in [0.2, 0.25) is 10.0 Å². The quantitative estimate of drug-likeness (QED) is 0.487. The van der Waals surface area contributed by atoms with Gasteiger partial charge in [0, 0.05) is 18.8 Å². The lowest BCUT2D eigenvalue weighted by Crippen LogP contribution is -2.34. The molecule has 2 heterocycles. The van der Waals surface area contributed by atoms with Crippen LogP contribution >= 0.6 is 11.3 Å². The molecule has 0 saturated heterocycles. The molecule has 1 aromatic carbocycles. The van der Waals surface area contributed by atoms with E-state index in [-0.39, 0.29) is 20.6 Å². The number of aryl methyl sites for hydroxylation is 1. The Morgan fingerprint density at radius 1 is 1.12 bits per heavy atom. The minimum Gasteiger partial charge on any atom is -0.289 e. The van der Waals surface area contributed by atoms with E-state index in [2.05, 4.69) is 9.97 Å². The lowest BCUT2D eigenvalue weighted by atomic mass is 10.0. The molecule has 0 bridgehead atoms. The van der Waals surface area contributed by atoms with Gasteiger partial charge in [-0.05, 0) is 24.6 Å². The molecule has 1 amide bonds. The molecule has 0 fully saturated rings. The Morgan fingerprint density at radius 3 is 2.28 bits per heavy atom. The molecule has 0 radical (unpaired) electrons. The predicted molar refractivity (Wildman–Crippen MR) is 120 cm³/mol. The van der Waals surface area contributed by atoms with Crippen molar-refractivity contribution < 1.29 is 25.8 Å². The highest BCUT2D eigenvalue weighted by Gasteiger charge is 2.31. The van der Waals surface area contributed by atoms with E-state index < -0.39 is 32.2 Å². The summed E-state index contributed by atoms with van der Waals surface area (Å²) >= 11 is 0.701. The second-order valence-corrected chi connectivity index (χ2v) is 11.2. The SMILES string of the molecule is Cc1nc(N(C)C(=O)C(OS(C)(=O)=O)c2ccc(-c3ccccn3)cc2)sc1S(N)(=O)=O. The molecule has 10 nitrogen and oxygen atoms in total. The summed E-state index contributed by atoms with van der Waals surface area (Å²) in [5.41, 5.74) is 1.89. The van der Waals surface area contributed by atoms with Crippen LogP contribution in [0, 0.1) is 6.92 Å². The molecule has 32 heavy (non-hydrogen) atoms. The highest BCUT2D eigenvalue weighted by atomic mass is 32.2. The van der Waals surface area contributed by atoms with Crippen LogP contribution < -0.4 is 10.0 Å². The second kappa shape index (κ2) is 9.03. The van der Waals surface area contributed by atoms with Crippen molar-refractivity contribution in [2.24, 2.45) is 5.14 Å². The molecule has 2 aromatic heterocycles. The average molecular weight is 497 g/mol. The summed E-state index contributed by atoms with van der Waals surface area (Å²) in [4.78, 5) is 22.5. The molecule has 1 atom stereocenters. The highest BCUT2D eigenvalue weighted by molar-refractivity contribution is 7.91. The van der Waals surface area contributed by atoms with Crippen LogP contribution in [-0.2, 0) is 29.1 Å². The molecule has 2 N–H and O–H groups in total. The number of amides is 1. The molecule has 0 aliphatic heterocycles. The van der Waals surface area contributed by atoms with Gasteiger partial charge in [-0.25, -0.2) is 18.5 Å². The minimum absolute atomic E-state index is 0.0312. The maximum Gasteiger partial charge on any atom is 0.265 e. The molecule has 1 unspecified atom stereocenters. The van der Waals surface area contributed by atoms with Gasteiger partial charge in [-0.3, -0.25) is 18.9 Å². The minimum atomic E-state index is -4.02. The lowest BCUT2D eigenvalue weighted by Gasteiger charge is -2.21. The van der Waals surface area contributed by atoms with Gasteiger partial charge in [-0.15, -0.1) is 0 Å². The zero-order chi connectivity index (χ0) is 23.7. The number of sulfonamides is 1. The number of carbonyl (C=O) groups is 1. The number of carbonyl (C=O) groups excluding carboxylic acids is 1. The topological polar surface area (TPSA) is 150 Å².